The van der Waals surface area contributed by atoms with E-state index in [0.717, 1.165) is 12.8 Å². The lowest BCUT2D eigenvalue weighted by molar-refractivity contribution is -0.138. The lowest BCUT2D eigenvalue weighted by atomic mass is 9.80. The predicted octanol–water partition coefficient (Wildman–Crippen LogP) is 0.727. The lowest BCUT2D eigenvalue weighted by Gasteiger charge is -2.41. The standard InChI is InChI=1S/C11H21N3O/c1-13-11(5-3-2-4-6-11)9-10(15)14(13)8-7-12/h2-9,12H2,1H3. The normalized spacial score (nSPS) is 26.5. The summed E-state index contributed by atoms with van der Waals surface area (Å²) in [6, 6.07) is 0. The molecule has 2 aliphatic rings. The molecule has 1 spiro atoms. The van der Waals surface area contributed by atoms with Crippen LogP contribution >= 0.6 is 0 Å². The van der Waals surface area contributed by atoms with E-state index in [-0.39, 0.29) is 11.4 Å². The first-order valence-electron chi connectivity index (χ1n) is 5.94. The van der Waals surface area contributed by atoms with Crippen LogP contribution in [0.4, 0.5) is 0 Å². The molecular formula is C11H21N3O. The lowest BCUT2D eigenvalue weighted by Crippen LogP contribution is -2.49. The van der Waals surface area contributed by atoms with Crippen molar-refractivity contribution >= 4 is 5.91 Å². The molecule has 4 nitrogen and oxygen atoms in total. The number of carbonyl (C=O) groups is 1. The topological polar surface area (TPSA) is 49.6 Å². The first-order valence-corrected chi connectivity index (χ1v) is 5.94. The molecule has 0 atom stereocenters. The zero-order valence-electron chi connectivity index (χ0n) is 9.54. The summed E-state index contributed by atoms with van der Waals surface area (Å²) in [5, 5.41) is 4.01. The molecule has 2 N–H and O–H groups in total. The molecule has 0 unspecified atom stereocenters. The van der Waals surface area contributed by atoms with Crippen LogP contribution in [0, 0.1) is 0 Å². The molecule has 0 radical (unpaired) electrons. The summed E-state index contributed by atoms with van der Waals surface area (Å²) in [5.41, 5.74) is 5.66. The predicted molar refractivity (Wildman–Crippen MR) is 59.0 cm³/mol. The van der Waals surface area contributed by atoms with Gasteiger partial charge in [-0.15, -0.1) is 0 Å². The summed E-state index contributed by atoms with van der Waals surface area (Å²) in [7, 11) is 2.05. The van der Waals surface area contributed by atoms with Crippen molar-refractivity contribution in [3.8, 4) is 0 Å². The van der Waals surface area contributed by atoms with Gasteiger partial charge in [0, 0.05) is 32.1 Å². The maximum Gasteiger partial charge on any atom is 0.238 e. The molecule has 0 aromatic heterocycles. The minimum absolute atomic E-state index is 0.129. The number of hydrogen-bond donors (Lipinski definition) is 1. The molecule has 1 aliphatic carbocycles. The van der Waals surface area contributed by atoms with E-state index in [1.165, 1.54) is 19.3 Å². The highest BCUT2D eigenvalue weighted by Crippen LogP contribution is 2.40. The fourth-order valence-electron chi connectivity index (χ4n) is 3.02. The van der Waals surface area contributed by atoms with Crippen LogP contribution in [-0.2, 0) is 4.79 Å². The van der Waals surface area contributed by atoms with Crippen LogP contribution in [0.1, 0.15) is 38.5 Å². The van der Waals surface area contributed by atoms with Gasteiger partial charge in [0.25, 0.3) is 0 Å². The molecule has 1 saturated carbocycles. The van der Waals surface area contributed by atoms with Crippen molar-refractivity contribution in [3.63, 3.8) is 0 Å². The zero-order chi connectivity index (χ0) is 10.9. The first-order chi connectivity index (χ1) is 7.19. The molecule has 2 rings (SSSR count). The van der Waals surface area contributed by atoms with Gasteiger partial charge in [0.2, 0.25) is 5.91 Å². The van der Waals surface area contributed by atoms with E-state index in [1.807, 2.05) is 12.1 Å². The van der Waals surface area contributed by atoms with Crippen molar-refractivity contribution in [2.24, 2.45) is 5.73 Å². The SMILES string of the molecule is CN1N(CCN)C(=O)CC12CCCCC2. The molecule has 0 bridgehead atoms. The number of nitrogens with zero attached hydrogens (tertiary/aromatic N) is 2. The van der Waals surface area contributed by atoms with Gasteiger partial charge in [0.05, 0.1) is 0 Å². The highest BCUT2D eigenvalue weighted by molar-refractivity contribution is 5.79. The second-order valence-electron chi connectivity index (χ2n) is 4.79. The van der Waals surface area contributed by atoms with Crippen molar-refractivity contribution < 1.29 is 4.79 Å². The van der Waals surface area contributed by atoms with Crippen molar-refractivity contribution in [2.45, 2.75) is 44.1 Å². The largest absolute Gasteiger partial charge is 0.329 e. The summed E-state index contributed by atoms with van der Waals surface area (Å²) in [6.45, 7) is 1.21. The van der Waals surface area contributed by atoms with E-state index in [9.17, 15) is 4.79 Å². The first kappa shape index (κ1) is 10.9. The smallest absolute Gasteiger partial charge is 0.238 e. The quantitative estimate of drug-likeness (QED) is 0.732. The Morgan fingerprint density at radius 3 is 2.60 bits per heavy atom. The summed E-state index contributed by atoms with van der Waals surface area (Å²) < 4.78 is 0. The molecule has 2 fully saturated rings. The van der Waals surface area contributed by atoms with E-state index in [0.29, 0.717) is 19.5 Å². The van der Waals surface area contributed by atoms with Crippen LogP contribution in [-0.4, -0.2) is 41.6 Å². The van der Waals surface area contributed by atoms with Crippen LogP contribution in [0.15, 0.2) is 0 Å². The second kappa shape index (κ2) is 4.10. The summed E-state index contributed by atoms with van der Waals surface area (Å²) in [4.78, 5) is 11.9. The summed E-state index contributed by atoms with van der Waals surface area (Å²) in [6.07, 6.45) is 6.86. The molecule has 1 saturated heterocycles. The maximum absolute atomic E-state index is 11.9. The number of rotatable bonds is 2. The minimum atomic E-state index is 0.129. The average Bonchev–Trinajstić information content (AvgIpc) is 2.45. The number of carbonyl (C=O) groups excluding carboxylic acids is 1. The Bertz CT molecular complexity index is 248. The summed E-state index contributed by atoms with van der Waals surface area (Å²) in [5.74, 6) is 0.254. The van der Waals surface area contributed by atoms with Gasteiger partial charge in [-0.05, 0) is 12.8 Å². The van der Waals surface area contributed by atoms with Gasteiger partial charge in [0.1, 0.15) is 0 Å². The van der Waals surface area contributed by atoms with Crippen molar-refractivity contribution in [1.29, 1.82) is 0 Å². The Labute approximate surface area is 91.4 Å². The third-order valence-electron chi connectivity index (χ3n) is 3.94. The fourth-order valence-corrected chi connectivity index (χ4v) is 3.02. The molecule has 0 aromatic carbocycles. The number of amides is 1. The Morgan fingerprint density at radius 2 is 2.00 bits per heavy atom. The molecule has 15 heavy (non-hydrogen) atoms. The third kappa shape index (κ3) is 1.76. The highest BCUT2D eigenvalue weighted by Gasteiger charge is 2.47. The van der Waals surface area contributed by atoms with E-state index in [2.05, 4.69) is 5.01 Å². The number of hydrogen-bond acceptors (Lipinski definition) is 3. The van der Waals surface area contributed by atoms with Crippen molar-refractivity contribution in [1.82, 2.24) is 10.0 Å². The van der Waals surface area contributed by atoms with Crippen LogP contribution in [0.25, 0.3) is 0 Å². The van der Waals surface area contributed by atoms with Gasteiger partial charge in [-0.3, -0.25) is 9.80 Å². The Morgan fingerprint density at radius 1 is 1.33 bits per heavy atom. The van der Waals surface area contributed by atoms with Crippen LogP contribution in [0.2, 0.25) is 0 Å². The molecule has 1 heterocycles. The van der Waals surface area contributed by atoms with Crippen molar-refractivity contribution in [3.05, 3.63) is 0 Å². The van der Waals surface area contributed by atoms with E-state index >= 15 is 0 Å². The van der Waals surface area contributed by atoms with Gasteiger partial charge >= 0.3 is 0 Å². The summed E-state index contributed by atoms with van der Waals surface area (Å²) >= 11 is 0. The Kier molecular flexibility index (Phi) is 2.98. The van der Waals surface area contributed by atoms with Gasteiger partial charge in [-0.25, -0.2) is 5.01 Å². The highest BCUT2D eigenvalue weighted by atomic mass is 16.2. The minimum Gasteiger partial charge on any atom is -0.329 e. The van der Waals surface area contributed by atoms with Gasteiger partial charge in [0.15, 0.2) is 0 Å². The van der Waals surface area contributed by atoms with Gasteiger partial charge in [-0.2, -0.15) is 0 Å². The maximum atomic E-state index is 11.9. The van der Waals surface area contributed by atoms with E-state index < -0.39 is 0 Å². The van der Waals surface area contributed by atoms with Crippen LogP contribution in [0.5, 0.6) is 0 Å². The number of hydrazine groups is 1. The molecule has 0 aromatic rings. The average molecular weight is 211 g/mol. The monoisotopic (exact) mass is 211 g/mol. The van der Waals surface area contributed by atoms with Crippen molar-refractivity contribution in [2.75, 3.05) is 20.1 Å². The van der Waals surface area contributed by atoms with Gasteiger partial charge in [-0.1, -0.05) is 19.3 Å². The molecule has 4 heteroatoms. The van der Waals surface area contributed by atoms with E-state index in [1.54, 1.807) is 0 Å². The van der Waals surface area contributed by atoms with E-state index in [4.69, 9.17) is 5.73 Å². The number of nitrogens with two attached hydrogens (primary N) is 1. The Hall–Kier alpha value is -0.610. The van der Waals surface area contributed by atoms with Gasteiger partial charge < -0.3 is 5.73 Å². The molecule has 86 valence electrons. The zero-order valence-corrected chi connectivity index (χ0v) is 9.54. The van der Waals surface area contributed by atoms with Crippen LogP contribution < -0.4 is 5.73 Å². The Balaban J connectivity index is 2.12. The van der Waals surface area contributed by atoms with Crippen LogP contribution in [0.3, 0.4) is 0 Å². The molecule has 1 amide bonds. The molecular weight excluding hydrogens is 190 g/mol. The third-order valence-corrected chi connectivity index (χ3v) is 3.94. The molecule has 1 aliphatic heterocycles. The second-order valence-corrected chi connectivity index (χ2v) is 4.79. The fraction of sp³-hybridized carbons (Fsp3) is 0.909.